The topological polar surface area (TPSA) is 12.0 Å². The summed E-state index contributed by atoms with van der Waals surface area (Å²) < 4.78 is 14.6. The summed E-state index contributed by atoms with van der Waals surface area (Å²) in [7, 11) is 2.00. The maximum absolute atomic E-state index is 14.0. The molecular formula is C16H22BrClFN. The van der Waals surface area contributed by atoms with Gasteiger partial charge in [0.2, 0.25) is 0 Å². The molecule has 1 N–H and O–H groups in total. The molecule has 0 unspecified atom stereocenters. The molecule has 20 heavy (non-hydrogen) atoms. The Hall–Kier alpha value is -0.120. The van der Waals surface area contributed by atoms with E-state index in [0.29, 0.717) is 14.9 Å². The molecule has 112 valence electrons. The third-order valence-electron chi connectivity index (χ3n) is 4.58. The molecule has 0 radical (unpaired) electrons. The lowest BCUT2D eigenvalue weighted by Gasteiger charge is -2.29. The van der Waals surface area contributed by atoms with Crippen molar-refractivity contribution >= 4 is 27.5 Å². The Morgan fingerprint density at radius 1 is 1.30 bits per heavy atom. The summed E-state index contributed by atoms with van der Waals surface area (Å²) >= 11 is 9.34. The van der Waals surface area contributed by atoms with Crippen LogP contribution in [0.3, 0.4) is 0 Å². The van der Waals surface area contributed by atoms with E-state index >= 15 is 0 Å². The van der Waals surface area contributed by atoms with Crippen molar-refractivity contribution < 1.29 is 4.39 Å². The molecule has 0 atom stereocenters. The van der Waals surface area contributed by atoms with Gasteiger partial charge in [0, 0.05) is 4.47 Å². The minimum Gasteiger partial charge on any atom is -0.320 e. The maximum atomic E-state index is 14.0. The van der Waals surface area contributed by atoms with Crippen LogP contribution in [0.2, 0.25) is 5.02 Å². The quantitative estimate of drug-likeness (QED) is 0.673. The Balaban J connectivity index is 2.04. The zero-order chi connectivity index (χ0) is 14.6. The fourth-order valence-corrected chi connectivity index (χ4v) is 3.80. The average molecular weight is 363 g/mol. The second-order valence-electron chi connectivity index (χ2n) is 5.92. The fraction of sp³-hybridized carbons (Fsp3) is 0.625. The molecule has 1 saturated carbocycles. The van der Waals surface area contributed by atoms with Gasteiger partial charge < -0.3 is 5.32 Å². The van der Waals surface area contributed by atoms with Gasteiger partial charge in [-0.2, -0.15) is 0 Å². The van der Waals surface area contributed by atoms with E-state index in [9.17, 15) is 4.39 Å². The standard InChI is InChI=1S/C16H22BrClFN/c1-20-9-8-16(5-2-3-6-16)7-4-12-10-14(18)13(17)11-15(12)19/h10-11,20H,2-9H2,1H3. The predicted octanol–water partition coefficient (Wildman–Crippen LogP) is 5.34. The summed E-state index contributed by atoms with van der Waals surface area (Å²) in [5.41, 5.74) is 1.14. The van der Waals surface area contributed by atoms with E-state index in [0.717, 1.165) is 24.9 Å². The summed E-state index contributed by atoms with van der Waals surface area (Å²) in [6, 6.07) is 3.24. The molecule has 4 heteroatoms. The Kier molecular flexibility index (Phi) is 5.88. The average Bonchev–Trinajstić information content (AvgIpc) is 2.88. The molecule has 0 saturated heterocycles. The van der Waals surface area contributed by atoms with Crippen LogP contribution in [-0.4, -0.2) is 13.6 Å². The normalized spacial score (nSPS) is 17.6. The first kappa shape index (κ1) is 16.3. The first-order valence-electron chi connectivity index (χ1n) is 7.34. The summed E-state index contributed by atoms with van der Waals surface area (Å²) in [6.45, 7) is 1.05. The number of aryl methyl sites for hydroxylation is 1. The van der Waals surface area contributed by atoms with Gasteiger partial charge in [-0.1, -0.05) is 24.4 Å². The van der Waals surface area contributed by atoms with Gasteiger partial charge in [0.15, 0.2) is 0 Å². The van der Waals surface area contributed by atoms with Crippen molar-refractivity contribution in [3.63, 3.8) is 0 Å². The zero-order valence-corrected chi connectivity index (χ0v) is 14.3. The second-order valence-corrected chi connectivity index (χ2v) is 7.18. The van der Waals surface area contributed by atoms with Crippen molar-refractivity contribution in [2.24, 2.45) is 5.41 Å². The van der Waals surface area contributed by atoms with Crippen LogP contribution < -0.4 is 5.32 Å². The second kappa shape index (κ2) is 7.24. The molecule has 0 aromatic heterocycles. The zero-order valence-electron chi connectivity index (χ0n) is 11.9. The summed E-state index contributed by atoms with van der Waals surface area (Å²) in [5, 5.41) is 3.84. The molecule has 0 heterocycles. The van der Waals surface area contributed by atoms with Crippen molar-refractivity contribution in [3.05, 3.63) is 33.0 Å². The van der Waals surface area contributed by atoms with Crippen LogP contribution in [-0.2, 0) is 6.42 Å². The van der Waals surface area contributed by atoms with Crippen LogP contribution in [0.15, 0.2) is 16.6 Å². The van der Waals surface area contributed by atoms with Crippen LogP contribution in [0.25, 0.3) is 0 Å². The van der Waals surface area contributed by atoms with Gasteiger partial charge in [0.1, 0.15) is 5.82 Å². The molecule has 1 aromatic carbocycles. The Bertz CT molecular complexity index is 458. The number of rotatable bonds is 6. The minimum absolute atomic E-state index is 0.150. The molecular weight excluding hydrogens is 341 g/mol. The molecule has 0 bridgehead atoms. The van der Waals surface area contributed by atoms with Crippen LogP contribution in [0.4, 0.5) is 4.39 Å². The van der Waals surface area contributed by atoms with Crippen LogP contribution in [0, 0.1) is 11.2 Å². The van der Waals surface area contributed by atoms with Gasteiger partial charge in [-0.3, -0.25) is 0 Å². The molecule has 2 rings (SSSR count). The van der Waals surface area contributed by atoms with E-state index in [1.54, 1.807) is 6.07 Å². The SMILES string of the molecule is CNCCC1(CCc2cc(Cl)c(Br)cc2F)CCCC1. The fourth-order valence-electron chi connectivity index (χ4n) is 3.30. The first-order chi connectivity index (χ1) is 9.56. The lowest BCUT2D eigenvalue weighted by atomic mass is 9.77. The summed E-state index contributed by atoms with van der Waals surface area (Å²) in [4.78, 5) is 0. The molecule has 1 aliphatic rings. The summed E-state index contributed by atoms with van der Waals surface area (Å²) in [5.74, 6) is -0.150. The summed E-state index contributed by atoms with van der Waals surface area (Å²) in [6.07, 6.45) is 8.21. The molecule has 0 aliphatic heterocycles. The van der Waals surface area contributed by atoms with E-state index in [2.05, 4.69) is 21.2 Å². The number of benzene rings is 1. The van der Waals surface area contributed by atoms with Gasteiger partial charge >= 0.3 is 0 Å². The molecule has 1 nitrogen and oxygen atoms in total. The van der Waals surface area contributed by atoms with Crippen LogP contribution >= 0.6 is 27.5 Å². The Morgan fingerprint density at radius 2 is 2.00 bits per heavy atom. The van der Waals surface area contributed by atoms with Crippen molar-refractivity contribution in [2.45, 2.75) is 44.9 Å². The first-order valence-corrected chi connectivity index (χ1v) is 8.51. The minimum atomic E-state index is -0.150. The van der Waals surface area contributed by atoms with E-state index < -0.39 is 0 Å². The van der Waals surface area contributed by atoms with Crippen LogP contribution in [0.1, 0.15) is 44.1 Å². The highest BCUT2D eigenvalue weighted by molar-refractivity contribution is 9.10. The lowest BCUT2D eigenvalue weighted by Crippen LogP contribution is -2.23. The Morgan fingerprint density at radius 3 is 2.65 bits per heavy atom. The smallest absolute Gasteiger partial charge is 0.127 e. The van der Waals surface area contributed by atoms with E-state index in [4.69, 9.17) is 11.6 Å². The monoisotopic (exact) mass is 361 g/mol. The Labute approximate surface area is 134 Å². The molecule has 0 amide bonds. The third-order valence-corrected chi connectivity index (χ3v) is 5.78. The van der Waals surface area contributed by atoms with Crippen molar-refractivity contribution in [1.82, 2.24) is 5.32 Å². The highest BCUT2D eigenvalue weighted by Gasteiger charge is 2.32. The highest BCUT2D eigenvalue weighted by atomic mass is 79.9. The number of hydrogen-bond acceptors (Lipinski definition) is 1. The van der Waals surface area contributed by atoms with Crippen LogP contribution in [0.5, 0.6) is 0 Å². The van der Waals surface area contributed by atoms with Gasteiger partial charge in [-0.15, -0.1) is 0 Å². The molecule has 0 spiro atoms. The molecule has 1 fully saturated rings. The maximum Gasteiger partial charge on any atom is 0.127 e. The number of nitrogens with one attached hydrogen (secondary N) is 1. The predicted molar refractivity (Wildman–Crippen MR) is 86.9 cm³/mol. The highest BCUT2D eigenvalue weighted by Crippen LogP contribution is 2.44. The third kappa shape index (κ3) is 3.96. The van der Waals surface area contributed by atoms with E-state index in [1.165, 1.54) is 38.2 Å². The van der Waals surface area contributed by atoms with E-state index in [1.807, 2.05) is 7.05 Å². The number of hydrogen-bond donors (Lipinski definition) is 1. The van der Waals surface area contributed by atoms with Gasteiger partial charge in [0.25, 0.3) is 0 Å². The largest absolute Gasteiger partial charge is 0.320 e. The van der Waals surface area contributed by atoms with Gasteiger partial charge in [-0.05, 0) is 84.7 Å². The number of halogens is 3. The van der Waals surface area contributed by atoms with Gasteiger partial charge in [-0.25, -0.2) is 4.39 Å². The molecule has 1 aliphatic carbocycles. The van der Waals surface area contributed by atoms with Crippen molar-refractivity contribution in [2.75, 3.05) is 13.6 Å². The van der Waals surface area contributed by atoms with Crippen molar-refractivity contribution in [3.8, 4) is 0 Å². The van der Waals surface area contributed by atoms with E-state index in [-0.39, 0.29) is 5.82 Å². The molecule has 1 aromatic rings. The van der Waals surface area contributed by atoms with Crippen molar-refractivity contribution in [1.29, 1.82) is 0 Å². The van der Waals surface area contributed by atoms with Gasteiger partial charge in [0.05, 0.1) is 5.02 Å². The lowest BCUT2D eigenvalue weighted by molar-refractivity contribution is 0.246.